The van der Waals surface area contributed by atoms with Gasteiger partial charge < -0.3 is 19.3 Å². The van der Waals surface area contributed by atoms with Crippen molar-refractivity contribution in [3.8, 4) is 67.1 Å². The molecule has 102 heavy (non-hydrogen) atoms. The third-order valence-corrected chi connectivity index (χ3v) is 21.0. The predicted octanol–water partition coefficient (Wildman–Crippen LogP) is 26.0. The van der Waals surface area contributed by atoms with Crippen LogP contribution in [0.5, 0.6) is 11.5 Å². The standard InChI is InChI=1S/C98H80N2O2/c1-3-71-37-59-87(60-38-71)101-67-23-21-65-97(79-29-13-7-14-30-79)93-35-19-17-33-89(93)91-63-57-85(69-95(91)97)99(81-49-41-75(42-50-81)73-25-9-5-10-26-73)83-53-45-77(46-54-83)78-47-55-84(56-48-78)100(82-51-43-76(44-52-82)74-27-11-6-12-28-74)86-58-64-92-90-34-18-20-36-94(90)98(96(92)70-86,80-31-15-8-16-32-80)66-22-24-68-102-88-61-39-72(4-2)40-62-88/h3-20,25-64,69-70H,1-2,21-24,65-68H2. The number of unbranched alkanes of at least 4 members (excludes halogenated alkanes) is 2. The molecule has 14 aromatic rings. The fraction of sp³-hybridized carbons (Fsp3) is 0.102. The summed E-state index contributed by atoms with van der Waals surface area (Å²) in [5.74, 6) is 1.76. The number of rotatable bonds is 25. The zero-order valence-electron chi connectivity index (χ0n) is 57.4. The van der Waals surface area contributed by atoms with Crippen LogP contribution in [0.2, 0.25) is 0 Å². The molecular weight excluding hydrogens is 1240 g/mol. The molecule has 0 radical (unpaired) electrons. The van der Waals surface area contributed by atoms with Crippen LogP contribution < -0.4 is 19.3 Å². The van der Waals surface area contributed by atoms with Crippen LogP contribution in [0.3, 0.4) is 0 Å². The summed E-state index contributed by atoms with van der Waals surface area (Å²) in [5.41, 5.74) is 27.9. The molecule has 2 atom stereocenters. The monoisotopic (exact) mass is 1320 g/mol. The maximum atomic E-state index is 6.35. The Kier molecular flexibility index (Phi) is 18.3. The second-order valence-corrected chi connectivity index (χ2v) is 26.8. The minimum atomic E-state index is -0.398. The molecule has 494 valence electrons. The van der Waals surface area contributed by atoms with Gasteiger partial charge in [0.2, 0.25) is 0 Å². The Morgan fingerprint density at radius 1 is 0.255 bits per heavy atom. The molecule has 0 N–H and O–H groups in total. The number of hydrogen-bond acceptors (Lipinski definition) is 4. The molecule has 0 saturated heterocycles. The minimum Gasteiger partial charge on any atom is -0.494 e. The van der Waals surface area contributed by atoms with Crippen molar-refractivity contribution in [2.75, 3.05) is 23.0 Å². The van der Waals surface area contributed by atoms with Crippen LogP contribution in [0.15, 0.2) is 365 Å². The Balaban J connectivity index is 0.746. The molecule has 0 amide bonds. The average Bonchev–Trinajstić information content (AvgIpc) is 1.56. The van der Waals surface area contributed by atoms with E-state index < -0.39 is 10.8 Å². The maximum Gasteiger partial charge on any atom is 0.119 e. The number of anilines is 6. The number of nitrogens with zero attached hydrogens (tertiary/aromatic N) is 2. The van der Waals surface area contributed by atoms with Crippen molar-refractivity contribution < 1.29 is 9.47 Å². The second-order valence-electron chi connectivity index (χ2n) is 26.8. The zero-order valence-corrected chi connectivity index (χ0v) is 57.4. The summed E-state index contributed by atoms with van der Waals surface area (Å²) in [4.78, 5) is 4.88. The summed E-state index contributed by atoms with van der Waals surface area (Å²) in [6.07, 6.45) is 9.33. The van der Waals surface area contributed by atoms with Gasteiger partial charge in [0.15, 0.2) is 0 Å². The molecule has 0 bridgehead atoms. The van der Waals surface area contributed by atoms with Gasteiger partial charge in [0, 0.05) is 45.0 Å². The Hall–Kier alpha value is -12.2. The smallest absolute Gasteiger partial charge is 0.119 e. The lowest BCUT2D eigenvalue weighted by Crippen LogP contribution is -2.27. The van der Waals surface area contributed by atoms with Gasteiger partial charge in [0.1, 0.15) is 11.5 Å². The highest BCUT2D eigenvalue weighted by Crippen LogP contribution is 2.58. The van der Waals surface area contributed by atoms with Crippen LogP contribution in [-0.4, -0.2) is 13.2 Å². The highest BCUT2D eigenvalue weighted by molar-refractivity contribution is 5.91. The lowest BCUT2D eigenvalue weighted by Gasteiger charge is -2.34. The van der Waals surface area contributed by atoms with Crippen molar-refractivity contribution in [3.05, 3.63) is 410 Å². The Labute approximate surface area is 601 Å². The van der Waals surface area contributed by atoms with Crippen molar-refractivity contribution in [2.45, 2.75) is 49.4 Å². The van der Waals surface area contributed by atoms with E-state index in [1.54, 1.807) is 0 Å². The van der Waals surface area contributed by atoms with E-state index in [1.807, 2.05) is 36.4 Å². The van der Waals surface area contributed by atoms with Gasteiger partial charge in [0.05, 0.1) is 13.2 Å². The summed E-state index contributed by atoms with van der Waals surface area (Å²) in [7, 11) is 0. The van der Waals surface area contributed by atoms with E-state index >= 15 is 0 Å². The van der Waals surface area contributed by atoms with E-state index in [2.05, 4.69) is 351 Å². The minimum absolute atomic E-state index is 0.398. The highest BCUT2D eigenvalue weighted by atomic mass is 16.5. The fourth-order valence-electron chi connectivity index (χ4n) is 16.0. The number of benzene rings is 14. The number of ether oxygens (including phenoxy) is 2. The maximum absolute atomic E-state index is 6.35. The highest BCUT2D eigenvalue weighted by Gasteiger charge is 2.46. The Bertz CT molecular complexity index is 4880. The van der Waals surface area contributed by atoms with Gasteiger partial charge in [-0.1, -0.05) is 280 Å². The first-order chi connectivity index (χ1) is 50.4. The summed E-state index contributed by atoms with van der Waals surface area (Å²) in [6, 6.07) is 129. The molecule has 4 nitrogen and oxygen atoms in total. The lowest BCUT2D eigenvalue weighted by atomic mass is 9.69. The molecule has 0 saturated carbocycles. The van der Waals surface area contributed by atoms with Gasteiger partial charge in [-0.05, 0) is 236 Å². The van der Waals surface area contributed by atoms with Crippen molar-refractivity contribution in [1.82, 2.24) is 0 Å². The first kappa shape index (κ1) is 64.4. The molecule has 0 aromatic heterocycles. The number of fused-ring (bicyclic) bond motifs is 6. The first-order valence-electron chi connectivity index (χ1n) is 35.9. The molecule has 4 heteroatoms. The fourth-order valence-corrected chi connectivity index (χ4v) is 16.0. The van der Waals surface area contributed by atoms with Crippen molar-refractivity contribution >= 4 is 46.3 Å². The van der Waals surface area contributed by atoms with E-state index in [4.69, 9.17) is 9.47 Å². The van der Waals surface area contributed by atoms with Crippen LogP contribution in [0, 0.1) is 0 Å². The molecule has 2 unspecified atom stereocenters. The van der Waals surface area contributed by atoms with Gasteiger partial charge in [0.25, 0.3) is 0 Å². The third kappa shape index (κ3) is 12.5. The molecule has 0 heterocycles. The van der Waals surface area contributed by atoms with Crippen LogP contribution in [0.1, 0.15) is 83.0 Å². The number of hydrogen-bond donors (Lipinski definition) is 0. The zero-order chi connectivity index (χ0) is 68.7. The quantitative estimate of drug-likeness (QED) is 0.0533. The SMILES string of the molecule is C=Cc1ccc(OCCCCC2(c3ccccc3)c3ccccc3-c3ccc(N(c4ccc(-c5ccccc5)cc4)c4ccc(-c5ccc(N(c6ccc(-c7ccccc7)cc6)c6ccc7c(c6)C(CCCCOc6ccc(C=C)cc6)(c6ccccc6)c6ccccc6-7)cc5)cc4)cc32)cc1. The summed E-state index contributed by atoms with van der Waals surface area (Å²) < 4.78 is 12.7. The lowest BCUT2D eigenvalue weighted by molar-refractivity contribution is 0.301. The molecule has 16 rings (SSSR count). The van der Waals surface area contributed by atoms with Crippen molar-refractivity contribution in [1.29, 1.82) is 0 Å². The summed E-state index contributed by atoms with van der Waals surface area (Å²) in [5, 5.41) is 0. The van der Waals surface area contributed by atoms with Gasteiger partial charge in [-0.15, -0.1) is 0 Å². The molecule has 0 spiro atoms. The first-order valence-corrected chi connectivity index (χ1v) is 35.9. The van der Waals surface area contributed by atoms with Crippen LogP contribution in [0.25, 0.3) is 67.8 Å². The third-order valence-electron chi connectivity index (χ3n) is 21.0. The van der Waals surface area contributed by atoms with Crippen LogP contribution in [0.4, 0.5) is 34.1 Å². The predicted molar refractivity (Wildman–Crippen MR) is 427 cm³/mol. The van der Waals surface area contributed by atoms with E-state index in [1.165, 1.54) is 77.9 Å². The van der Waals surface area contributed by atoms with Crippen molar-refractivity contribution in [2.24, 2.45) is 0 Å². The Morgan fingerprint density at radius 2 is 0.539 bits per heavy atom. The molecule has 0 aliphatic heterocycles. The van der Waals surface area contributed by atoms with Gasteiger partial charge in [-0.3, -0.25) is 0 Å². The van der Waals surface area contributed by atoms with Gasteiger partial charge in [-0.2, -0.15) is 0 Å². The largest absolute Gasteiger partial charge is 0.494 e. The van der Waals surface area contributed by atoms with E-state index in [0.717, 1.165) is 106 Å². The molecule has 0 fully saturated rings. The average molecular weight is 1320 g/mol. The normalized spacial score (nSPS) is 14.5. The molecule has 2 aliphatic rings. The van der Waals surface area contributed by atoms with E-state index in [-0.39, 0.29) is 0 Å². The molecule has 2 aliphatic carbocycles. The van der Waals surface area contributed by atoms with E-state index in [9.17, 15) is 0 Å². The molecule has 14 aromatic carbocycles. The van der Waals surface area contributed by atoms with Crippen LogP contribution in [-0.2, 0) is 10.8 Å². The second kappa shape index (κ2) is 28.9. The van der Waals surface area contributed by atoms with Crippen molar-refractivity contribution in [3.63, 3.8) is 0 Å². The van der Waals surface area contributed by atoms with Gasteiger partial charge in [-0.25, -0.2) is 0 Å². The summed E-state index contributed by atoms with van der Waals surface area (Å²) >= 11 is 0. The summed E-state index contributed by atoms with van der Waals surface area (Å²) in [6.45, 7) is 9.13. The van der Waals surface area contributed by atoms with Crippen LogP contribution >= 0.6 is 0 Å². The molecular formula is C98H80N2O2. The van der Waals surface area contributed by atoms with Gasteiger partial charge >= 0.3 is 0 Å². The van der Waals surface area contributed by atoms with E-state index in [0.29, 0.717) is 13.2 Å². The Morgan fingerprint density at radius 3 is 0.873 bits per heavy atom. The topological polar surface area (TPSA) is 24.9 Å².